The molecule has 0 atom stereocenters. The Labute approximate surface area is 121 Å². The Morgan fingerprint density at radius 1 is 1.24 bits per heavy atom. The molecule has 0 spiro atoms. The van der Waals surface area contributed by atoms with Gasteiger partial charge in [0.25, 0.3) is 5.69 Å². The van der Waals surface area contributed by atoms with E-state index < -0.39 is 10.7 Å². The Bertz CT molecular complexity index is 673. The summed E-state index contributed by atoms with van der Waals surface area (Å²) in [7, 11) is 1.42. The van der Waals surface area contributed by atoms with Crippen molar-refractivity contribution in [2.24, 2.45) is 0 Å². The highest BCUT2D eigenvalue weighted by Gasteiger charge is 2.11. The maximum Gasteiger partial charge on any atom is 0.273 e. The second kappa shape index (κ2) is 6.21. The van der Waals surface area contributed by atoms with E-state index in [1.165, 1.54) is 25.3 Å². The van der Waals surface area contributed by atoms with Gasteiger partial charge in [0.1, 0.15) is 12.4 Å². The van der Waals surface area contributed by atoms with Crippen molar-refractivity contribution in [3.63, 3.8) is 0 Å². The normalized spacial score (nSPS) is 10.2. The molecule has 0 saturated carbocycles. The molecule has 21 heavy (non-hydrogen) atoms. The van der Waals surface area contributed by atoms with E-state index in [0.29, 0.717) is 11.3 Å². The first kappa shape index (κ1) is 14.8. The highest BCUT2D eigenvalue weighted by Crippen LogP contribution is 2.25. The molecule has 0 aromatic heterocycles. The number of rotatable bonds is 5. The number of nitrogens with zero attached hydrogens (tertiary/aromatic N) is 1. The van der Waals surface area contributed by atoms with E-state index in [0.717, 1.165) is 5.56 Å². The van der Waals surface area contributed by atoms with E-state index in [1.54, 1.807) is 18.2 Å². The van der Waals surface area contributed by atoms with Crippen LogP contribution in [0.4, 0.5) is 10.1 Å². The quantitative estimate of drug-likeness (QED) is 0.623. The van der Waals surface area contributed by atoms with E-state index in [4.69, 9.17) is 9.47 Å². The van der Waals surface area contributed by atoms with Crippen molar-refractivity contribution in [2.45, 2.75) is 13.5 Å². The van der Waals surface area contributed by atoms with Crippen LogP contribution in [0.5, 0.6) is 11.5 Å². The Morgan fingerprint density at radius 3 is 2.67 bits per heavy atom. The lowest BCUT2D eigenvalue weighted by Gasteiger charge is -2.09. The van der Waals surface area contributed by atoms with Crippen LogP contribution in [0, 0.1) is 22.9 Å². The number of aryl methyl sites for hydroxylation is 1. The molecule has 0 aliphatic heterocycles. The van der Waals surface area contributed by atoms with Gasteiger partial charge in [-0.2, -0.15) is 0 Å². The molecule has 0 unspecified atom stereocenters. The number of benzene rings is 2. The summed E-state index contributed by atoms with van der Waals surface area (Å²) in [5.41, 5.74) is 1.29. The monoisotopic (exact) mass is 291 g/mol. The number of nitro benzene ring substituents is 1. The fraction of sp³-hybridized carbons (Fsp3) is 0.200. The Kier molecular flexibility index (Phi) is 4.37. The van der Waals surface area contributed by atoms with Gasteiger partial charge >= 0.3 is 0 Å². The van der Waals surface area contributed by atoms with Crippen molar-refractivity contribution in [3.05, 3.63) is 63.5 Å². The summed E-state index contributed by atoms with van der Waals surface area (Å²) in [6.07, 6.45) is 0. The zero-order chi connectivity index (χ0) is 15.4. The third-order valence-electron chi connectivity index (χ3n) is 2.88. The van der Waals surface area contributed by atoms with Crippen LogP contribution in [0.1, 0.15) is 11.1 Å². The minimum absolute atomic E-state index is 0.0123. The van der Waals surface area contributed by atoms with Crippen LogP contribution in [-0.4, -0.2) is 12.0 Å². The van der Waals surface area contributed by atoms with E-state index in [2.05, 4.69) is 0 Å². The van der Waals surface area contributed by atoms with Crippen LogP contribution in [0.2, 0.25) is 0 Å². The molecule has 5 nitrogen and oxygen atoms in total. The van der Waals surface area contributed by atoms with Crippen LogP contribution in [0.25, 0.3) is 0 Å². The van der Waals surface area contributed by atoms with Gasteiger partial charge in [-0.1, -0.05) is 6.07 Å². The predicted octanol–water partition coefficient (Wildman–Crippen LogP) is 3.63. The summed E-state index contributed by atoms with van der Waals surface area (Å²) in [6.45, 7) is 1.83. The number of methoxy groups -OCH3 is 1. The number of ether oxygens (including phenoxy) is 2. The predicted molar refractivity (Wildman–Crippen MR) is 75.1 cm³/mol. The lowest BCUT2D eigenvalue weighted by molar-refractivity contribution is -0.385. The van der Waals surface area contributed by atoms with Gasteiger partial charge in [0.05, 0.1) is 18.1 Å². The molecule has 0 heterocycles. The molecule has 0 amide bonds. The molecular formula is C15H14FNO4. The molecule has 110 valence electrons. The molecular weight excluding hydrogens is 277 g/mol. The molecule has 2 rings (SSSR count). The van der Waals surface area contributed by atoms with Crippen LogP contribution in [-0.2, 0) is 6.61 Å². The molecule has 0 aliphatic rings. The molecule has 2 aromatic rings. The second-order valence-electron chi connectivity index (χ2n) is 4.52. The standard InChI is InChI=1S/C15H14FNO4/c1-10-3-4-14(16)15(5-10)21-9-11-6-12(17(18)19)8-13(7-11)20-2/h3-8H,9H2,1-2H3. The molecule has 0 aliphatic carbocycles. The van der Waals surface area contributed by atoms with E-state index in [-0.39, 0.29) is 18.0 Å². The third-order valence-corrected chi connectivity index (χ3v) is 2.88. The minimum atomic E-state index is -0.515. The van der Waals surface area contributed by atoms with Gasteiger partial charge in [-0.05, 0) is 36.2 Å². The van der Waals surface area contributed by atoms with Gasteiger partial charge in [0, 0.05) is 6.07 Å². The molecule has 6 heteroatoms. The van der Waals surface area contributed by atoms with Gasteiger partial charge in [0.2, 0.25) is 0 Å². The highest BCUT2D eigenvalue weighted by molar-refractivity contribution is 5.42. The average Bonchev–Trinajstić information content (AvgIpc) is 2.47. The van der Waals surface area contributed by atoms with Crippen LogP contribution >= 0.6 is 0 Å². The second-order valence-corrected chi connectivity index (χ2v) is 4.52. The van der Waals surface area contributed by atoms with Gasteiger partial charge < -0.3 is 9.47 Å². The van der Waals surface area contributed by atoms with Crippen molar-refractivity contribution < 1.29 is 18.8 Å². The Balaban J connectivity index is 2.21. The van der Waals surface area contributed by atoms with Gasteiger partial charge in [-0.25, -0.2) is 4.39 Å². The lowest BCUT2D eigenvalue weighted by Crippen LogP contribution is -2.00. The summed E-state index contributed by atoms with van der Waals surface area (Å²) in [4.78, 5) is 10.3. The smallest absolute Gasteiger partial charge is 0.273 e. The summed E-state index contributed by atoms with van der Waals surface area (Å²) < 4.78 is 24.0. The highest BCUT2D eigenvalue weighted by atomic mass is 19.1. The van der Waals surface area contributed by atoms with Crippen molar-refractivity contribution in [1.82, 2.24) is 0 Å². The maximum absolute atomic E-state index is 13.6. The van der Waals surface area contributed by atoms with Gasteiger partial charge in [-0.3, -0.25) is 10.1 Å². The van der Waals surface area contributed by atoms with Crippen molar-refractivity contribution >= 4 is 5.69 Å². The lowest BCUT2D eigenvalue weighted by atomic mass is 10.2. The first-order valence-electron chi connectivity index (χ1n) is 6.21. The largest absolute Gasteiger partial charge is 0.496 e. The fourth-order valence-corrected chi connectivity index (χ4v) is 1.83. The van der Waals surface area contributed by atoms with Crippen molar-refractivity contribution in [1.29, 1.82) is 0 Å². The van der Waals surface area contributed by atoms with Gasteiger partial charge in [-0.15, -0.1) is 0 Å². The molecule has 0 radical (unpaired) electrons. The molecule has 0 fully saturated rings. The van der Waals surface area contributed by atoms with Crippen LogP contribution < -0.4 is 9.47 Å². The topological polar surface area (TPSA) is 61.6 Å². The minimum Gasteiger partial charge on any atom is -0.496 e. The number of halogens is 1. The molecule has 2 aromatic carbocycles. The SMILES string of the molecule is COc1cc(COc2cc(C)ccc2F)cc([N+](=O)[O-])c1. The summed E-state index contributed by atoms with van der Waals surface area (Å²) >= 11 is 0. The number of hydrogen-bond acceptors (Lipinski definition) is 4. The van der Waals surface area contributed by atoms with E-state index >= 15 is 0 Å². The van der Waals surface area contributed by atoms with E-state index in [9.17, 15) is 14.5 Å². The van der Waals surface area contributed by atoms with Crippen molar-refractivity contribution in [2.75, 3.05) is 7.11 Å². The summed E-state index contributed by atoms with van der Waals surface area (Å²) in [5.74, 6) is -0.00835. The number of non-ortho nitro benzene ring substituents is 1. The molecule has 0 bridgehead atoms. The van der Waals surface area contributed by atoms with Gasteiger partial charge in [0.15, 0.2) is 11.6 Å². The van der Waals surface area contributed by atoms with Crippen LogP contribution in [0.15, 0.2) is 36.4 Å². The number of hydrogen-bond donors (Lipinski definition) is 0. The van der Waals surface area contributed by atoms with E-state index in [1.807, 2.05) is 6.92 Å². The first-order chi connectivity index (χ1) is 9.99. The Morgan fingerprint density at radius 2 is 2.00 bits per heavy atom. The zero-order valence-corrected chi connectivity index (χ0v) is 11.6. The summed E-state index contributed by atoms with van der Waals surface area (Å²) in [5, 5.41) is 10.8. The van der Waals surface area contributed by atoms with Crippen molar-refractivity contribution in [3.8, 4) is 11.5 Å². The average molecular weight is 291 g/mol. The number of nitro groups is 1. The first-order valence-corrected chi connectivity index (χ1v) is 6.21. The maximum atomic E-state index is 13.6. The summed E-state index contributed by atoms with van der Waals surface area (Å²) in [6, 6.07) is 8.83. The van der Waals surface area contributed by atoms with Crippen LogP contribution in [0.3, 0.4) is 0 Å². The third kappa shape index (κ3) is 3.68. The fourth-order valence-electron chi connectivity index (χ4n) is 1.83. The molecule has 0 saturated heterocycles. The Hall–Kier alpha value is -2.63. The zero-order valence-electron chi connectivity index (χ0n) is 11.6. The molecule has 0 N–H and O–H groups in total.